The molecular weight excluding hydrogens is 673 g/mol. The SMILES string of the molecule is COc1ccc([Si](C)(C)[C@@H]2[C@@H](CCn3cc(CCO)nn3)O[C@]3(C(=O)N(c4ccccc4)c4ccc(-n5[nH]c6ccccc6c5=O)cc43)[C@H]2C)cc1. The van der Waals surface area contributed by atoms with Crippen LogP contribution in [0.5, 0.6) is 5.75 Å². The Balaban J connectivity index is 1.28. The van der Waals surface area contributed by atoms with Crippen molar-refractivity contribution in [1.29, 1.82) is 0 Å². The second kappa shape index (κ2) is 13.0. The molecule has 2 aromatic heterocycles. The van der Waals surface area contributed by atoms with Crippen molar-refractivity contribution in [2.75, 3.05) is 18.6 Å². The van der Waals surface area contributed by atoms with E-state index in [4.69, 9.17) is 9.47 Å². The predicted molar refractivity (Wildman–Crippen MR) is 202 cm³/mol. The van der Waals surface area contributed by atoms with Gasteiger partial charge in [0.05, 0.1) is 49.3 Å². The Morgan fingerprint density at radius 3 is 2.44 bits per heavy atom. The standard InChI is InChI=1S/C40H42N6O5Si/c1-26-37(52(3,4)31-17-15-30(50-2)16-18-31)36(20-22-44-25-27(21-23-47)41-43-44)51-40(26)33-24-29(46-38(48)32-12-8-9-13-34(32)42-46)14-19-35(33)45(39(40)49)28-10-6-5-7-11-28/h5-19,24-26,36-37,42,47H,20-23H2,1-4H3/t26-,36+,37-,40+/m0/s1. The number of anilines is 2. The molecule has 1 saturated heterocycles. The molecule has 6 aromatic rings. The topological polar surface area (TPSA) is 127 Å². The molecule has 4 atom stereocenters. The van der Waals surface area contributed by atoms with E-state index in [9.17, 15) is 9.90 Å². The van der Waals surface area contributed by atoms with Crippen LogP contribution in [0.2, 0.25) is 18.6 Å². The fraction of sp³-hybridized carbons (Fsp3) is 0.300. The van der Waals surface area contributed by atoms with Gasteiger partial charge < -0.3 is 14.6 Å². The summed E-state index contributed by atoms with van der Waals surface area (Å²) < 4.78 is 16.2. The van der Waals surface area contributed by atoms with Crippen LogP contribution in [0.1, 0.15) is 24.6 Å². The number of nitrogens with zero attached hydrogens (tertiary/aromatic N) is 5. The highest BCUT2D eigenvalue weighted by atomic mass is 28.3. The second-order valence-electron chi connectivity index (χ2n) is 14.4. The lowest BCUT2D eigenvalue weighted by molar-refractivity contribution is -0.145. The van der Waals surface area contributed by atoms with Gasteiger partial charge in [-0.1, -0.05) is 72.9 Å². The molecule has 2 N–H and O–H groups in total. The smallest absolute Gasteiger partial charge is 0.279 e. The maximum atomic E-state index is 15.3. The molecule has 4 heterocycles. The summed E-state index contributed by atoms with van der Waals surface area (Å²) in [5.41, 5.74) is 2.85. The van der Waals surface area contributed by atoms with Gasteiger partial charge in [-0.15, -0.1) is 5.10 Å². The third-order valence-electron chi connectivity index (χ3n) is 11.2. The Hall–Kier alpha value is -5.30. The van der Waals surface area contributed by atoms with Crippen molar-refractivity contribution in [3.8, 4) is 11.4 Å². The molecule has 52 heavy (non-hydrogen) atoms. The van der Waals surface area contributed by atoms with Crippen LogP contribution in [0.15, 0.2) is 108 Å². The first-order chi connectivity index (χ1) is 25.2. The summed E-state index contributed by atoms with van der Waals surface area (Å²) in [6.45, 7) is 7.41. The zero-order chi connectivity index (χ0) is 36.2. The van der Waals surface area contributed by atoms with Gasteiger partial charge in [-0.25, -0.2) is 4.68 Å². The molecule has 8 rings (SSSR count). The Bertz CT molecular complexity index is 2320. The summed E-state index contributed by atoms with van der Waals surface area (Å²) in [5, 5.41) is 23.1. The molecule has 0 radical (unpaired) electrons. The molecule has 2 aliphatic rings. The Labute approximate surface area is 302 Å². The van der Waals surface area contributed by atoms with Gasteiger partial charge in [0, 0.05) is 42.9 Å². The summed E-state index contributed by atoms with van der Waals surface area (Å²) in [7, 11) is -0.732. The van der Waals surface area contributed by atoms with Gasteiger partial charge in [0.25, 0.3) is 11.5 Å². The Kier molecular flexibility index (Phi) is 8.48. The van der Waals surface area contributed by atoms with Crippen LogP contribution in [0.25, 0.3) is 16.6 Å². The van der Waals surface area contributed by atoms with Crippen molar-refractivity contribution in [1.82, 2.24) is 24.8 Å². The number of nitrogens with one attached hydrogen (secondary N) is 1. The van der Waals surface area contributed by atoms with Gasteiger partial charge in [0.15, 0.2) is 5.60 Å². The first kappa shape index (κ1) is 33.8. The van der Waals surface area contributed by atoms with Gasteiger partial charge in [-0.05, 0) is 66.6 Å². The number of aliphatic hydroxyl groups is 1. The van der Waals surface area contributed by atoms with Crippen molar-refractivity contribution < 1.29 is 19.4 Å². The van der Waals surface area contributed by atoms with Crippen molar-refractivity contribution in [2.45, 2.75) is 56.7 Å². The lowest BCUT2D eigenvalue weighted by Gasteiger charge is -2.37. The first-order valence-electron chi connectivity index (χ1n) is 17.7. The largest absolute Gasteiger partial charge is 0.497 e. The maximum Gasteiger partial charge on any atom is 0.279 e. The predicted octanol–water partition coefficient (Wildman–Crippen LogP) is 5.44. The third-order valence-corrected chi connectivity index (χ3v) is 15.5. The first-order valence-corrected chi connectivity index (χ1v) is 20.8. The quantitative estimate of drug-likeness (QED) is 0.181. The van der Waals surface area contributed by atoms with E-state index in [1.807, 2.05) is 91.1 Å². The average Bonchev–Trinajstić information content (AvgIpc) is 3.90. The van der Waals surface area contributed by atoms with E-state index in [1.165, 1.54) is 5.19 Å². The van der Waals surface area contributed by atoms with E-state index in [0.717, 1.165) is 33.9 Å². The van der Waals surface area contributed by atoms with Gasteiger partial charge in [-0.2, -0.15) is 0 Å². The molecule has 0 saturated carbocycles. The molecule has 1 spiro atoms. The summed E-state index contributed by atoms with van der Waals surface area (Å²) in [4.78, 5) is 30.7. The third kappa shape index (κ3) is 5.32. The number of fused-ring (bicyclic) bond motifs is 3. The Morgan fingerprint density at radius 2 is 1.71 bits per heavy atom. The number of hydrogen-bond acceptors (Lipinski definition) is 7. The number of ether oxygens (including phenoxy) is 2. The number of amides is 1. The van der Waals surface area contributed by atoms with Gasteiger partial charge in [-0.3, -0.25) is 24.3 Å². The highest BCUT2D eigenvalue weighted by Crippen LogP contribution is 2.61. The highest BCUT2D eigenvalue weighted by molar-refractivity contribution is 6.91. The van der Waals surface area contributed by atoms with Gasteiger partial charge >= 0.3 is 0 Å². The Morgan fingerprint density at radius 1 is 0.962 bits per heavy atom. The summed E-state index contributed by atoms with van der Waals surface area (Å²) >= 11 is 0. The molecule has 0 aliphatic carbocycles. The number of aromatic nitrogens is 5. The number of methoxy groups -OCH3 is 1. The molecule has 1 fully saturated rings. The minimum Gasteiger partial charge on any atom is -0.497 e. The van der Waals surface area contributed by atoms with Crippen LogP contribution in [0, 0.1) is 5.92 Å². The van der Waals surface area contributed by atoms with E-state index >= 15 is 4.79 Å². The molecule has 4 aromatic carbocycles. The monoisotopic (exact) mass is 714 g/mol. The fourth-order valence-electron chi connectivity index (χ4n) is 8.65. The van der Waals surface area contributed by atoms with E-state index < -0.39 is 13.7 Å². The summed E-state index contributed by atoms with van der Waals surface area (Å²) in [6.07, 6.45) is 2.59. The zero-order valence-corrected chi connectivity index (χ0v) is 30.7. The normalized spacial score (nSPS) is 21.4. The number of carbonyl (C=O) groups is 1. The maximum absolute atomic E-state index is 15.3. The van der Waals surface area contributed by atoms with Crippen LogP contribution in [0.3, 0.4) is 0 Å². The number of carbonyl (C=O) groups excluding carboxylic acids is 1. The van der Waals surface area contributed by atoms with E-state index in [-0.39, 0.29) is 35.6 Å². The lowest BCUT2D eigenvalue weighted by Crippen LogP contribution is -2.51. The second-order valence-corrected chi connectivity index (χ2v) is 19.1. The van der Waals surface area contributed by atoms with Crippen LogP contribution < -0.4 is 20.4 Å². The van der Waals surface area contributed by atoms with Gasteiger partial charge in [0.1, 0.15) is 5.75 Å². The van der Waals surface area contributed by atoms with Gasteiger partial charge in [0.2, 0.25) is 0 Å². The minimum atomic E-state index is -2.40. The summed E-state index contributed by atoms with van der Waals surface area (Å²) in [6, 6.07) is 31.2. The number of aliphatic hydroxyl groups excluding tert-OH is 1. The van der Waals surface area contributed by atoms with Crippen LogP contribution in [0.4, 0.5) is 11.4 Å². The number of aromatic amines is 1. The molecule has 2 aliphatic heterocycles. The zero-order valence-electron chi connectivity index (χ0n) is 29.7. The fourth-order valence-corrected chi connectivity index (χ4v) is 12.7. The number of benzene rings is 4. The van der Waals surface area contributed by atoms with Crippen molar-refractivity contribution in [3.63, 3.8) is 0 Å². The van der Waals surface area contributed by atoms with Crippen LogP contribution in [-0.4, -0.2) is 63.7 Å². The van der Waals surface area contributed by atoms with Crippen molar-refractivity contribution in [3.05, 3.63) is 125 Å². The van der Waals surface area contributed by atoms with E-state index in [1.54, 1.807) is 21.4 Å². The molecule has 266 valence electrons. The number of hydrogen-bond donors (Lipinski definition) is 2. The molecule has 0 unspecified atom stereocenters. The number of aryl methyl sites for hydroxylation is 1. The lowest BCUT2D eigenvalue weighted by atomic mass is 9.82. The van der Waals surface area contributed by atoms with Crippen molar-refractivity contribution in [2.24, 2.45) is 5.92 Å². The molecule has 0 bridgehead atoms. The summed E-state index contributed by atoms with van der Waals surface area (Å²) in [5.74, 6) is 0.414. The van der Waals surface area contributed by atoms with Crippen molar-refractivity contribution >= 4 is 41.4 Å². The molecule has 12 heteroatoms. The van der Waals surface area contributed by atoms with Crippen LogP contribution in [-0.2, 0) is 28.1 Å². The average molecular weight is 715 g/mol. The van der Waals surface area contributed by atoms with E-state index in [2.05, 4.69) is 47.6 Å². The van der Waals surface area contributed by atoms with E-state index in [0.29, 0.717) is 30.5 Å². The number of para-hydroxylation sites is 2. The number of H-pyrrole nitrogens is 1. The molecular formula is C40H42N6O5Si. The number of rotatable bonds is 10. The highest BCUT2D eigenvalue weighted by Gasteiger charge is 2.66. The molecule has 1 amide bonds. The van der Waals surface area contributed by atoms with Crippen LogP contribution >= 0.6 is 0 Å². The minimum absolute atomic E-state index is 0.000244. The molecule has 11 nitrogen and oxygen atoms in total.